The third-order valence-electron chi connectivity index (χ3n) is 5.81. The Hall–Kier alpha value is -1.44. The van der Waals surface area contributed by atoms with Gasteiger partial charge in [-0.25, -0.2) is 0 Å². The molecule has 0 radical (unpaired) electrons. The van der Waals surface area contributed by atoms with E-state index >= 15 is 0 Å². The van der Waals surface area contributed by atoms with Crippen LogP contribution in [0.15, 0.2) is 30.3 Å². The van der Waals surface area contributed by atoms with E-state index in [-0.39, 0.29) is 17.0 Å². The van der Waals surface area contributed by atoms with E-state index in [9.17, 15) is 9.59 Å². The standard InChI is InChI=1S/C16H18O2/c1-14(2)15(3)9-10-16(14,13(18)12(15)17)11-7-5-4-6-8-11/h4-8H,9-10H2,1-3H3. The molecule has 0 aromatic heterocycles. The Morgan fingerprint density at radius 1 is 0.889 bits per heavy atom. The van der Waals surface area contributed by atoms with Gasteiger partial charge in [0.05, 0.1) is 5.41 Å². The summed E-state index contributed by atoms with van der Waals surface area (Å²) in [6.45, 7) is 6.12. The minimum atomic E-state index is -0.597. The van der Waals surface area contributed by atoms with Crippen molar-refractivity contribution in [2.75, 3.05) is 0 Å². The summed E-state index contributed by atoms with van der Waals surface area (Å²) in [5.74, 6) is -0.338. The molecule has 2 atom stereocenters. The molecule has 1 aromatic carbocycles. The largest absolute Gasteiger partial charge is 0.290 e. The number of carbonyl (C=O) groups excluding carboxylic acids is 2. The normalized spacial score (nSPS) is 37.3. The lowest BCUT2D eigenvalue weighted by atomic mass is 9.62. The van der Waals surface area contributed by atoms with Crippen LogP contribution in [0, 0.1) is 10.8 Å². The maximum absolute atomic E-state index is 12.6. The van der Waals surface area contributed by atoms with Crippen LogP contribution >= 0.6 is 0 Å². The highest BCUT2D eigenvalue weighted by atomic mass is 16.2. The summed E-state index contributed by atoms with van der Waals surface area (Å²) in [5.41, 5.74) is -0.371. The van der Waals surface area contributed by atoms with Gasteiger partial charge in [0.15, 0.2) is 0 Å². The monoisotopic (exact) mass is 242 g/mol. The van der Waals surface area contributed by atoms with Gasteiger partial charge in [-0.3, -0.25) is 9.59 Å². The molecule has 2 aliphatic carbocycles. The van der Waals surface area contributed by atoms with Crippen LogP contribution < -0.4 is 0 Å². The molecule has 0 heterocycles. The average molecular weight is 242 g/mol. The van der Waals surface area contributed by atoms with Crippen molar-refractivity contribution in [1.82, 2.24) is 0 Å². The Kier molecular flexibility index (Phi) is 2.01. The quantitative estimate of drug-likeness (QED) is 0.710. The van der Waals surface area contributed by atoms with E-state index in [1.807, 2.05) is 37.3 Å². The molecule has 1 aromatic rings. The molecule has 0 saturated heterocycles. The number of carbonyl (C=O) groups is 2. The maximum Gasteiger partial charge on any atom is 0.210 e. The first-order valence-electron chi connectivity index (χ1n) is 6.53. The van der Waals surface area contributed by atoms with Gasteiger partial charge < -0.3 is 0 Å². The smallest absolute Gasteiger partial charge is 0.210 e. The van der Waals surface area contributed by atoms with Crippen LogP contribution in [0.4, 0.5) is 0 Å². The zero-order chi connectivity index (χ0) is 13.2. The van der Waals surface area contributed by atoms with Gasteiger partial charge in [0.2, 0.25) is 11.6 Å². The molecule has 2 aliphatic rings. The third kappa shape index (κ3) is 0.933. The first kappa shape index (κ1) is 11.6. The number of hydrogen-bond donors (Lipinski definition) is 0. The van der Waals surface area contributed by atoms with E-state index in [4.69, 9.17) is 0 Å². The van der Waals surface area contributed by atoms with E-state index in [1.54, 1.807) is 0 Å². The third-order valence-corrected chi connectivity index (χ3v) is 5.81. The molecule has 0 spiro atoms. The molecule has 2 fully saturated rings. The Bertz CT molecular complexity index is 543. The lowest BCUT2D eigenvalue weighted by Gasteiger charge is -2.38. The van der Waals surface area contributed by atoms with Crippen molar-refractivity contribution in [2.24, 2.45) is 10.8 Å². The SMILES string of the molecule is CC12CCC(c3ccccc3)(C(=O)C1=O)C2(C)C. The van der Waals surface area contributed by atoms with E-state index in [1.165, 1.54) is 0 Å². The fourth-order valence-electron chi connectivity index (χ4n) is 4.13. The van der Waals surface area contributed by atoms with Crippen molar-refractivity contribution in [3.8, 4) is 0 Å². The average Bonchev–Trinajstić information content (AvgIpc) is 2.63. The second kappa shape index (κ2) is 3.11. The van der Waals surface area contributed by atoms with Crippen molar-refractivity contribution in [1.29, 1.82) is 0 Å². The van der Waals surface area contributed by atoms with Crippen LogP contribution in [-0.2, 0) is 15.0 Å². The van der Waals surface area contributed by atoms with Crippen LogP contribution in [0.5, 0.6) is 0 Å². The van der Waals surface area contributed by atoms with Gasteiger partial charge in [-0.2, -0.15) is 0 Å². The number of benzene rings is 1. The molecule has 0 amide bonds. The highest BCUT2D eigenvalue weighted by Gasteiger charge is 2.75. The van der Waals surface area contributed by atoms with E-state index < -0.39 is 10.8 Å². The molecule has 94 valence electrons. The van der Waals surface area contributed by atoms with Crippen LogP contribution in [0.1, 0.15) is 39.2 Å². The fraction of sp³-hybridized carbons (Fsp3) is 0.500. The van der Waals surface area contributed by atoms with Crippen molar-refractivity contribution >= 4 is 11.6 Å². The van der Waals surface area contributed by atoms with Crippen molar-refractivity contribution < 1.29 is 9.59 Å². The summed E-state index contributed by atoms with van der Waals surface area (Å²) in [6.07, 6.45) is 1.62. The number of hydrogen-bond acceptors (Lipinski definition) is 2. The summed E-state index contributed by atoms with van der Waals surface area (Å²) >= 11 is 0. The van der Waals surface area contributed by atoms with Gasteiger partial charge in [0.25, 0.3) is 0 Å². The molecule has 2 heteroatoms. The van der Waals surface area contributed by atoms with Crippen molar-refractivity contribution in [3.63, 3.8) is 0 Å². The predicted octanol–water partition coefficient (Wildman–Crippen LogP) is 2.90. The van der Waals surface area contributed by atoms with E-state index in [2.05, 4.69) is 13.8 Å². The van der Waals surface area contributed by atoms with Crippen molar-refractivity contribution in [3.05, 3.63) is 35.9 Å². The van der Waals surface area contributed by atoms with E-state index in [0.29, 0.717) is 0 Å². The number of fused-ring (bicyclic) bond motifs is 2. The number of ketones is 2. The molecule has 18 heavy (non-hydrogen) atoms. The summed E-state index contributed by atoms with van der Waals surface area (Å²) in [5, 5.41) is 0. The highest BCUT2D eigenvalue weighted by molar-refractivity contribution is 6.46. The topological polar surface area (TPSA) is 34.1 Å². The molecule has 0 aliphatic heterocycles. The van der Waals surface area contributed by atoms with Crippen LogP contribution in [0.25, 0.3) is 0 Å². The van der Waals surface area contributed by atoms with Gasteiger partial charge in [0.1, 0.15) is 0 Å². The molecule has 0 N–H and O–H groups in total. The summed E-state index contributed by atoms with van der Waals surface area (Å²) < 4.78 is 0. The Balaban J connectivity index is 2.30. The molecule has 2 bridgehead atoms. The van der Waals surface area contributed by atoms with Crippen LogP contribution in [0.2, 0.25) is 0 Å². The number of Topliss-reactive ketones (excluding diaryl/α,β-unsaturated/α-hetero) is 2. The molecule has 3 rings (SSSR count). The first-order chi connectivity index (χ1) is 8.38. The second-order valence-electron chi connectivity index (χ2n) is 6.39. The Morgan fingerprint density at radius 3 is 2.00 bits per heavy atom. The maximum atomic E-state index is 12.6. The van der Waals surface area contributed by atoms with Gasteiger partial charge in [-0.15, -0.1) is 0 Å². The lowest BCUT2D eigenvalue weighted by molar-refractivity contribution is -0.141. The highest BCUT2D eigenvalue weighted by Crippen LogP contribution is 2.69. The van der Waals surface area contributed by atoms with Gasteiger partial charge >= 0.3 is 0 Å². The summed E-state index contributed by atoms with van der Waals surface area (Å²) in [6, 6.07) is 9.83. The van der Waals surface area contributed by atoms with Crippen molar-refractivity contribution in [2.45, 2.75) is 39.0 Å². The molecular weight excluding hydrogens is 224 g/mol. The van der Waals surface area contributed by atoms with E-state index in [0.717, 1.165) is 18.4 Å². The molecule has 2 saturated carbocycles. The van der Waals surface area contributed by atoms with Gasteiger partial charge in [0, 0.05) is 5.41 Å². The number of rotatable bonds is 1. The van der Waals surface area contributed by atoms with Crippen LogP contribution in [0.3, 0.4) is 0 Å². The lowest BCUT2D eigenvalue weighted by Crippen LogP contribution is -2.41. The fourth-order valence-corrected chi connectivity index (χ4v) is 4.13. The zero-order valence-corrected chi connectivity index (χ0v) is 11.1. The molecule has 2 unspecified atom stereocenters. The minimum Gasteiger partial charge on any atom is -0.290 e. The zero-order valence-electron chi connectivity index (χ0n) is 11.1. The first-order valence-corrected chi connectivity index (χ1v) is 6.53. The summed E-state index contributed by atoms with van der Waals surface area (Å²) in [7, 11) is 0. The molecular formula is C16H18O2. The Labute approximate surface area is 107 Å². The van der Waals surface area contributed by atoms with Crippen LogP contribution in [-0.4, -0.2) is 11.6 Å². The van der Waals surface area contributed by atoms with Gasteiger partial charge in [-0.05, 0) is 23.8 Å². The minimum absolute atomic E-state index is 0.164. The second-order valence-corrected chi connectivity index (χ2v) is 6.39. The summed E-state index contributed by atoms with van der Waals surface area (Å²) in [4.78, 5) is 24.9. The molecule has 2 nitrogen and oxygen atoms in total. The van der Waals surface area contributed by atoms with Gasteiger partial charge in [-0.1, -0.05) is 51.1 Å². The Morgan fingerprint density at radius 2 is 1.50 bits per heavy atom. The predicted molar refractivity (Wildman–Crippen MR) is 69.3 cm³/mol.